The Hall–Kier alpha value is -1.46. The maximum atomic E-state index is 11.8. The van der Waals surface area contributed by atoms with Crippen LogP contribution in [0, 0.1) is 0 Å². The van der Waals surface area contributed by atoms with Crippen LogP contribution < -0.4 is 15.2 Å². The Morgan fingerprint density at radius 1 is 1.62 bits per heavy atom. The van der Waals surface area contributed by atoms with Gasteiger partial charge in [-0.1, -0.05) is 11.6 Å². The predicted molar refractivity (Wildman–Crippen MR) is 57.2 cm³/mol. The Kier molecular flexibility index (Phi) is 2.65. The van der Waals surface area contributed by atoms with E-state index in [2.05, 4.69) is 0 Å². The molecule has 0 bridgehead atoms. The number of phenols is 1. The number of rotatable bonds is 2. The van der Waals surface area contributed by atoms with E-state index in [1.54, 1.807) is 0 Å². The fraction of sp³-hybridized carbons (Fsp3) is 0.300. The molecule has 3 N–H and O–H groups in total. The molecule has 16 heavy (non-hydrogen) atoms. The van der Waals surface area contributed by atoms with E-state index in [1.165, 1.54) is 13.0 Å². The number of benzene rings is 1. The van der Waals surface area contributed by atoms with Crippen LogP contribution in [-0.4, -0.2) is 23.7 Å². The van der Waals surface area contributed by atoms with Crippen molar-refractivity contribution in [3.8, 4) is 17.2 Å². The van der Waals surface area contributed by atoms with Crippen LogP contribution in [-0.2, 0) is 0 Å². The minimum Gasteiger partial charge on any atom is -0.505 e. The number of carbonyl (C=O) groups is 1. The van der Waals surface area contributed by atoms with Gasteiger partial charge in [0, 0.05) is 6.07 Å². The summed E-state index contributed by atoms with van der Waals surface area (Å²) in [6.45, 7) is 1.51. The van der Waals surface area contributed by atoms with Crippen molar-refractivity contribution >= 4 is 17.4 Å². The summed E-state index contributed by atoms with van der Waals surface area (Å²) in [7, 11) is 0. The SMILES string of the molecule is CC(N)C(=O)c1c(O)c(Cl)cc2c1OCO2. The minimum absolute atomic E-state index is 0.00561. The van der Waals surface area contributed by atoms with E-state index >= 15 is 0 Å². The van der Waals surface area contributed by atoms with Crippen LogP contribution in [0.25, 0.3) is 0 Å². The van der Waals surface area contributed by atoms with Gasteiger partial charge in [0.15, 0.2) is 17.3 Å². The third-order valence-electron chi connectivity index (χ3n) is 2.25. The quantitative estimate of drug-likeness (QED) is 0.766. The molecule has 1 unspecified atom stereocenters. The number of Topliss-reactive ketones (excluding diaryl/α,β-unsaturated/α-hetero) is 1. The number of fused-ring (bicyclic) bond motifs is 1. The Labute approximate surface area is 96.7 Å². The number of ketones is 1. The first-order chi connectivity index (χ1) is 7.52. The first-order valence-corrected chi connectivity index (χ1v) is 5.01. The largest absolute Gasteiger partial charge is 0.505 e. The number of halogens is 1. The van der Waals surface area contributed by atoms with Crippen LogP contribution in [0.15, 0.2) is 6.07 Å². The first kappa shape index (κ1) is 11.0. The number of hydrogen-bond acceptors (Lipinski definition) is 5. The number of carbonyl (C=O) groups excluding carboxylic acids is 1. The van der Waals surface area contributed by atoms with Crippen molar-refractivity contribution < 1.29 is 19.4 Å². The summed E-state index contributed by atoms with van der Waals surface area (Å²) in [6.07, 6.45) is 0. The monoisotopic (exact) mass is 243 g/mol. The Morgan fingerprint density at radius 2 is 2.31 bits per heavy atom. The van der Waals surface area contributed by atoms with Crippen molar-refractivity contribution in [1.29, 1.82) is 0 Å². The van der Waals surface area contributed by atoms with Gasteiger partial charge < -0.3 is 20.3 Å². The molecule has 1 aliphatic heterocycles. The molecule has 0 amide bonds. The molecule has 5 nitrogen and oxygen atoms in total. The van der Waals surface area contributed by atoms with E-state index in [4.69, 9.17) is 26.8 Å². The van der Waals surface area contributed by atoms with E-state index < -0.39 is 11.8 Å². The Morgan fingerprint density at radius 3 is 2.94 bits per heavy atom. The van der Waals surface area contributed by atoms with Gasteiger partial charge >= 0.3 is 0 Å². The van der Waals surface area contributed by atoms with Crippen LogP contribution in [0.4, 0.5) is 0 Å². The van der Waals surface area contributed by atoms with E-state index in [0.29, 0.717) is 5.75 Å². The lowest BCUT2D eigenvalue weighted by atomic mass is 10.0. The summed E-state index contributed by atoms with van der Waals surface area (Å²) >= 11 is 5.77. The van der Waals surface area contributed by atoms with Gasteiger partial charge in [0.25, 0.3) is 0 Å². The molecular weight excluding hydrogens is 234 g/mol. The fourth-order valence-corrected chi connectivity index (χ4v) is 1.65. The highest BCUT2D eigenvalue weighted by Gasteiger charge is 2.29. The lowest BCUT2D eigenvalue weighted by Gasteiger charge is -2.10. The molecule has 2 rings (SSSR count). The second kappa shape index (κ2) is 3.84. The van der Waals surface area contributed by atoms with Crippen molar-refractivity contribution in [1.82, 2.24) is 0 Å². The first-order valence-electron chi connectivity index (χ1n) is 4.63. The van der Waals surface area contributed by atoms with E-state index in [0.717, 1.165) is 0 Å². The number of aromatic hydroxyl groups is 1. The van der Waals surface area contributed by atoms with Crippen LogP contribution in [0.3, 0.4) is 0 Å². The molecule has 6 heteroatoms. The third kappa shape index (κ3) is 1.58. The Balaban J connectivity index is 2.63. The lowest BCUT2D eigenvalue weighted by molar-refractivity contribution is 0.0960. The molecule has 86 valence electrons. The van der Waals surface area contributed by atoms with Gasteiger partial charge in [0.2, 0.25) is 6.79 Å². The average Bonchev–Trinajstić information content (AvgIpc) is 2.66. The number of hydrogen-bond donors (Lipinski definition) is 2. The Bertz CT molecular complexity index is 459. The summed E-state index contributed by atoms with van der Waals surface area (Å²) in [5.74, 6) is -0.231. The molecule has 0 radical (unpaired) electrons. The lowest BCUT2D eigenvalue weighted by Crippen LogP contribution is -2.27. The highest BCUT2D eigenvalue weighted by molar-refractivity contribution is 6.33. The van der Waals surface area contributed by atoms with Gasteiger partial charge in [0.05, 0.1) is 11.1 Å². The van der Waals surface area contributed by atoms with Gasteiger partial charge in [-0.15, -0.1) is 0 Å². The third-order valence-corrected chi connectivity index (χ3v) is 2.54. The maximum absolute atomic E-state index is 11.8. The molecule has 0 saturated heterocycles. The van der Waals surface area contributed by atoms with Crippen molar-refractivity contribution in [3.05, 3.63) is 16.7 Å². The molecule has 1 aliphatic rings. The normalized spacial score (nSPS) is 14.9. The van der Waals surface area contributed by atoms with Crippen molar-refractivity contribution in [3.63, 3.8) is 0 Å². The molecular formula is C10H10ClNO4. The zero-order valence-corrected chi connectivity index (χ0v) is 9.25. The number of phenolic OH excluding ortho intramolecular Hbond substituents is 1. The van der Waals surface area contributed by atoms with Crippen molar-refractivity contribution in [2.45, 2.75) is 13.0 Å². The van der Waals surface area contributed by atoms with Crippen molar-refractivity contribution in [2.75, 3.05) is 6.79 Å². The summed E-state index contributed by atoms with van der Waals surface area (Å²) < 4.78 is 10.2. The maximum Gasteiger partial charge on any atom is 0.231 e. The zero-order chi connectivity index (χ0) is 11.9. The van der Waals surface area contributed by atoms with Gasteiger partial charge in [-0.25, -0.2) is 0 Å². The molecule has 0 saturated carbocycles. The highest BCUT2D eigenvalue weighted by Crippen LogP contribution is 2.45. The van der Waals surface area contributed by atoms with Crippen molar-refractivity contribution in [2.24, 2.45) is 5.73 Å². The fourth-order valence-electron chi connectivity index (χ4n) is 1.46. The highest BCUT2D eigenvalue weighted by atomic mass is 35.5. The van der Waals surface area contributed by atoms with E-state index in [1.807, 2.05) is 0 Å². The summed E-state index contributed by atoms with van der Waals surface area (Å²) in [5.41, 5.74) is 5.46. The summed E-state index contributed by atoms with van der Waals surface area (Å²) in [4.78, 5) is 11.8. The van der Waals surface area contributed by atoms with Crippen LogP contribution in [0.1, 0.15) is 17.3 Å². The van der Waals surface area contributed by atoms with Crippen LogP contribution >= 0.6 is 11.6 Å². The molecule has 1 heterocycles. The van der Waals surface area contributed by atoms with Gasteiger partial charge in [-0.2, -0.15) is 0 Å². The second-order valence-electron chi connectivity index (χ2n) is 3.47. The van der Waals surface area contributed by atoms with Gasteiger partial charge in [-0.3, -0.25) is 4.79 Å². The standard InChI is InChI=1S/C10H10ClNO4/c1-4(12)8(13)7-9(14)5(11)2-6-10(7)16-3-15-6/h2,4,14H,3,12H2,1H3. The number of ether oxygens (including phenoxy) is 2. The summed E-state index contributed by atoms with van der Waals surface area (Å²) in [5, 5.41) is 9.77. The molecule has 1 aromatic carbocycles. The molecule has 0 aromatic heterocycles. The molecule has 1 atom stereocenters. The number of nitrogens with two attached hydrogens (primary N) is 1. The zero-order valence-electron chi connectivity index (χ0n) is 8.49. The van der Waals surface area contributed by atoms with E-state index in [9.17, 15) is 9.90 Å². The minimum atomic E-state index is -0.752. The molecule has 0 fully saturated rings. The van der Waals surface area contributed by atoms with Gasteiger partial charge in [-0.05, 0) is 6.92 Å². The predicted octanol–water partition coefficient (Wildman–Crippen LogP) is 1.30. The second-order valence-corrected chi connectivity index (χ2v) is 3.88. The molecule has 1 aromatic rings. The molecule has 0 aliphatic carbocycles. The van der Waals surface area contributed by atoms with Gasteiger partial charge in [0.1, 0.15) is 11.3 Å². The molecule has 0 spiro atoms. The smallest absolute Gasteiger partial charge is 0.231 e. The van der Waals surface area contributed by atoms with Crippen LogP contribution in [0.5, 0.6) is 17.2 Å². The summed E-state index contributed by atoms with van der Waals surface area (Å²) in [6, 6.07) is 0.648. The van der Waals surface area contributed by atoms with Crippen LogP contribution in [0.2, 0.25) is 5.02 Å². The van der Waals surface area contributed by atoms with E-state index in [-0.39, 0.29) is 28.9 Å². The average molecular weight is 244 g/mol. The topological polar surface area (TPSA) is 81.8 Å².